The lowest BCUT2D eigenvalue weighted by molar-refractivity contribution is 0.0512. The molecule has 1 aliphatic rings. The van der Waals surface area contributed by atoms with Gasteiger partial charge in [-0.1, -0.05) is 6.07 Å². The number of imidazole rings is 1. The van der Waals surface area contributed by atoms with Crippen molar-refractivity contribution in [2.24, 2.45) is 0 Å². The molecule has 9 heteroatoms. The summed E-state index contributed by atoms with van der Waals surface area (Å²) in [5, 5.41) is 2.75. The Kier molecular flexibility index (Phi) is 4.04. The number of nitrogens with zero attached hydrogens (tertiary/aromatic N) is 5. The van der Waals surface area contributed by atoms with Crippen LogP contribution in [-0.2, 0) is 0 Å². The summed E-state index contributed by atoms with van der Waals surface area (Å²) in [7, 11) is 1.67. The Hall–Kier alpha value is -3.36. The van der Waals surface area contributed by atoms with E-state index >= 15 is 0 Å². The van der Waals surface area contributed by atoms with Gasteiger partial charge in [0.05, 0.1) is 17.9 Å². The Bertz CT molecular complexity index is 954. The molecule has 4 heterocycles. The van der Waals surface area contributed by atoms with Crippen molar-refractivity contribution >= 4 is 23.3 Å². The summed E-state index contributed by atoms with van der Waals surface area (Å²) in [6.45, 7) is 1.76. The van der Waals surface area contributed by atoms with Gasteiger partial charge >= 0.3 is 0 Å². The second-order valence-corrected chi connectivity index (χ2v) is 5.94. The summed E-state index contributed by atoms with van der Waals surface area (Å²) in [5.41, 5.74) is 0.871. The Balaban J connectivity index is 1.43. The van der Waals surface area contributed by atoms with E-state index in [1.54, 1.807) is 27.4 Å². The first kappa shape index (κ1) is 16.1. The van der Waals surface area contributed by atoms with E-state index in [-0.39, 0.29) is 17.6 Å². The van der Waals surface area contributed by atoms with Gasteiger partial charge in [0.1, 0.15) is 0 Å². The minimum Gasteiger partial charge on any atom is -0.418 e. The molecule has 0 unspecified atom stereocenters. The predicted molar refractivity (Wildman–Crippen MR) is 93.0 cm³/mol. The van der Waals surface area contributed by atoms with Crippen LogP contribution in [0.2, 0.25) is 0 Å². The topological polar surface area (TPSA) is 96.0 Å². The Morgan fingerprint density at radius 1 is 1.04 bits per heavy atom. The smallest absolute Gasteiger partial charge is 0.294 e. The molecule has 0 radical (unpaired) electrons. The number of anilines is 1. The van der Waals surface area contributed by atoms with E-state index in [9.17, 15) is 9.59 Å². The zero-order valence-electron chi connectivity index (χ0n) is 14.3. The van der Waals surface area contributed by atoms with E-state index in [0.29, 0.717) is 38.0 Å². The molecule has 26 heavy (non-hydrogen) atoms. The van der Waals surface area contributed by atoms with E-state index in [1.807, 2.05) is 24.4 Å². The third-order valence-corrected chi connectivity index (χ3v) is 4.41. The molecule has 1 saturated heterocycles. The number of carbonyl (C=O) groups excluding carboxylic acids is 2. The standard InChI is InChI=1S/C17H18N6O3/c1-18-17-20-11-13(26-17)15(24)21-6-8-22(9-7-21)16(25)14-19-10-12-4-2-3-5-23(12)14/h2-5,10-11H,6-9H2,1H3,(H,18,20). The van der Waals surface area contributed by atoms with Crippen LogP contribution in [0, 0.1) is 0 Å². The molecule has 0 saturated carbocycles. The molecule has 2 amide bonds. The molecule has 134 valence electrons. The Labute approximate surface area is 149 Å². The molecule has 0 aliphatic carbocycles. The number of aromatic nitrogens is 3. The molecule has 1 N–H and O–H groups in total. The highest BCUT2D eigenvalue weighted by Crippen LogP contribution is 2.15. The normalized spacial score (nSPS) is 14.7. The van der Waals surface area contributed by atoms with Crippen molar-refractivity contribution in [1.82, 2.24) is 24.2 Å². The molecule has 3 aromatic heterocycles. The molecule has 1 aliphatic heterocycles. The fourth-order valence-electron chi connectivity index (χ4n) is 3.00. The molecule has 0 atom stereocenters. The molecule has 0 bridgehead atoms. The molecule has 0 aromatic carbocycles. The van der Waals surface area contributed by atoms with Gasteiger partial charge in [0, 0.05) is 39.4 Å². The summed E-state index contributed by atoms with van der Waals surface area (Å²) in [6, 6.07) is 5.96. The lowest BCUT2D eigenvalue weighted by Gasteiger charge is -2.33. The molecule has 9 nitrogen and oxygen atoms in total. The van der Waals surface area contributed by atoms with Crippen molar-refractivity contribution in [3.8, 4) is 0 Å². The molecule has 3 aromatic rings. The van der Waals surface area contributed by atoms with Crippen molar-refractivity contribution in [2.75, 3.05) is 38.5 Å². The highest BCUT2D eigenvalue weighted by atomic mass is 16.4. The number of nitrogens with one attached hydrogen (secondary N) is 1. The van der Waals surface area contributed by atoms with Crippen LogP contribution in [-0.4, -0.2) is 69.2 Å². The van der Waals surface area contributed by atoms with Crippen LogP contribution in [0.1, 0.15) is 21.2 Å². The lowest BCUT2D eigenvalue weighted by Crippen LogP contribution is -2.50. The highest BCUT2D eigenvalue weighted by molar-refractivity contribution is 5.93. The van der Waals surface area contributed by atoms with E-state index in [1.165, 1.54) is 6.20 Å². The summed E-state index contributed by atoms with van der Waals surface area (Å²) >= 11 is 0. The minimum absolute atomic E-state index is 0.138. The molecular weight excluding hydrogens is 336 g/mol. The number of hydrogen-bond acceptors (Lipinski definition) is 6. The van der Waals surface area contributed by atoms with Crippen LogP contribution in [0.3, 0.4) is 0 Å². The molecular formula is C17H18N6O3. The summed E-state index contributed by atoms with van der Waals surface area (Å²) in [6.07, 6.45) is 4.90. The van der Waals surface area contributed by atoms with Crippen LogP contribution in [0.15, 0.2) is 41.2 Å². The van der Waals surface area contributed by atoms with Gasteiger partial charge < -0.3 is 19.5 Å². The number of amides is 2. The average molecular weight is 354 g/mol. The largest absolute Gasteiger partial charge is 0.418 e. The maximum absolute atomic E-state index is 12.8. The number of hydrogen-bond donors (Lipinski definition) is 1. The van der Waals surface area contributed by atoms with Gasteiger partial charge in [0.2, 0.25) is 11.6 Å². The van der Waals surface area contributed by atoms with Crippen molar-refractivity contribution in [1.29, 1.82) is 0 Å². The lowest BCUT2D eigenvalue weighted by atomic mass is 10.3. The van der Waals surface area contributed by atoms with Crippen molar-refractivity contribution in [2.45, 2.75) is 0 Å². The number of piperazine rings is 1. The summed E-state index contributed by atoms with van der Waals surface area (Å²) in [4.78, 5) is 36.8. The Morgan fingerprint density at radius 2 is 1.77 bits per heavy atom. The SMILES string of the molecule is CNc1ncc(C(=O)N2CCN(C(=O)c3ncc4ccccn34)CC2)o1. The first-order valence-corrected chi connectivity index (χ1v) is 8.31. The van der Waals surface area contributed by atoms with Gasteiger partial charge in [-0.15, -0.1) is 0 Å². The van der Waals surface area contributed by atoms with Crippen molar-refractivity contribution < 1.29 is 14.0 Å². The maximum Gasteiger partial charge on any atom is 0.294 e. The van der Waals surface area contributed by atoms with E-state index < -0.39 is 0 Å². The van der Waals surface area contributed by atoms with Gasteiger partial charge in [-0.2, -0.15) is 0 Å². The number of rotatable bonds is 3. The molecule has 1 fully saturated rings. The van der Waals surface area contributed by atoms with Crippen LogP contribution in [0.25, 0.3) is 5.52 Å². The van der Waals surface area contributed by atoms with E-state index in [4.69, 9.17) is 4.42 Å². The van der Waals surface area contributed by atoms with Gasteiger partial charge in [-0.05, 0) is 12.1 Å². The van der Waals surface area contributed by atoms with Gasteiger partial charge in [0.25, 0.3) is 17.8 Å². The first-order chi connectivity index (χ1) is 12.7. The zero-order chi connectivity index (χ0) is 18.1. The van der Waals surface area contributed by atoms with Crippen molar-refractivity contribution in [3.05, 3.63) is 48.4 Å². The second-order valence-electron chi connectivity index (χ2n) is 5.94. The van der Waals surface area contributed by atoms with Crippen LogP contribution in [0.5, 0.6) is 0 Å². The van der Waals surface area contributed by atoms with Gasteiger partial charge in [-0.3, -0.25) is 14.0 Å². The Morgan fingerprint density at radius 3 is 2.46 bits per heavy atom. The monoisotopic (exact) mass is 354 g/mol. The quantitative estimate of drug-likeness (QED) is 0.753. The maximum atomic E-state index is 12.8. The van der Waals surface area contributed by atoms with E-state index in [0.717, 1.165) is 5.52 Å². The predicted octanol–water partition coefficient (Wildman–Crippen LogP) is 0.962. The highest BCUT2D eigenvalue weighted by Gasteiger charge is 2.28. The number of oxazole rings is 1. The van der Waals surface area contributed by atoms with Crippen molar-refractivity contribution in [3.63, 3.8) is 0 Å². The second kappa shape index (κ2) is 6.51. The summed E-state index contributed by atoms with van der Waals surface area (Å²) < 4.78 is 7.09. The van der Waals surface area contributed by atoms with E-state index in [2.05, 4.69) is 15.3 Å². The number of carbonyl (C=O) groups is 2. The molecule has 4 rings (SSSR count). The van der Waals surface area contributed by atoms with Gasteiger partial charge in [-0.25, -0.2) is 9.97 Å². The first-order valence-electron chi connectivity index (χ1n) is 8.31. The number of fused-ring (bicyclic) bond motifs is 1. The summed E-state index contributed by atoms with van der Waals surface area (Å²) in [5.74, 6) is 0.209. The fourth-order valence-corrected chi connectivity index (χ4v) is 3.00. The van der Waals surface area contributed by atoms with Crippen LogP contribution >= 0.6 is 0 Å². The fraction of sp³-hybridized carbons (Fsp3) is 0.294. The minimum atomic E-state index is -0.225. The van der Waals surface area contributed by atoms with Gasteiger partial charge in [0.15, 0.2) is 0 Å². The van der Waals surface area contributed by atoms with Crippen LogP contribution in [0.4, 0.5) is 6.01 Å². The molecule has 0 spiro atoms. The third kappa shape index (κ3) is 2.77. The average Bonchev–Trinajstić information content (AvgIpc) is 3.34. The zero-order valence-corrected chi connectivity index (χ0v) is 14.3. The van der Waals surface area contributed by atoms with Crippen LogP contribution < -0.4 is 5.32 Å². The number of pyridine rings is 1. The third-order valence-electron chi connectivity index (χ3n) is 4.41.